The van der Waals surface area contributed by atoms with Gasteiger partial charge in [0, 0.05) is 31.9 Å². The molecule has 0 saturated carbocycles. The average molecular weight is 374 g/mol. The van der Waals surface area contributed by atoms with Gasteiger partial charge >= 0.3 is 0 Å². The van der Waals surface area contributed by atoms with Crippen molar-refractivity contribution in [2.24, 2.45) is 0 Å². The van der Waals surface area contributed by atoms with Gasteiger partial charge in [-0.3, -0.25) is 9.78 Å². The summed E-state index contributed by atoms with van der Waals surface area (Å²) in [6, 6.07) is 22.4. The van der Waals surface area contributed by atoms with Gasteiger partial charge in [-0.25, -0.2) is 0 Å². The molecule has 0 aliphatic rings. The molecule has 4 heteroatoms. The lowest BCUT2D eigenvalue weighted by molar-refractivity contribution is 0.0791. The Labute approximate surface area is 167 Å². The lowest BCUT2D eigenvalue weighted by Gasteiger charge is -2.19. The van der Waals surface area contributed by atoms with Crippen molar-refractivity contribution in [2.45, 2.75) is 13.0 Å². The van der Waals surface area contributed by atoms with E-state index >= 15 is 0 Å². The lowest BCUT2D eigenvalue weighted by Crippen LogP contribution is -2.30. The Hall–Kier alpha value is -2.98. The van der Waals surface area contributed by atoms with Crippen LogP contribution in [-0.4, -0.2) is 48.4 Å². The van der Waals surface area contributed by atoms with Crippen LogP contribution in [0.25, 0.3) is 11.1 Å². The summed E-state index contributed by atoms with van der Waals surface area (Å²) in [6.07, 6.45) is 2.51. The zero-order valence-electron chi connectivity index (χ0n) is 16.8. The maximum absolute atomic E-state index is 13.1. The number of hydrogen-bond donors (Lipinski definition) is 0. The number of aromatic nitrogens is 1. The van der Waals surface area contributed by atoms with Crippen LogP contribution in [-0.2, 0) is 13.0 Å². The highest BCUT2D eigenvalue weighted by atomic mass is 16.2. The van der Waals surface area contributed by atoms with Gasteiger partial charge in [-0.15, -0.1) is 0 Å². The van der Waals surface area contributed by atoms with E-state index in [-0.39, 0.29) is 5.91 Å². The summed E-state index contributed by atoms with van der Waals surface area (Å²) in [4.78, 5) is 21.4. The molecule has 0 atom stereocenters. The third kappa shape index (κ3) is 5.05. The zero-order valence-corrected chi connectivity index (χ0v) is 16.8. The van der Waals surface area contributed by atoms with Crippen molar-refractivity contribution in [2.75, 3.05) is 27.7 Å². The fraction of sp³-hybridized carbons (Fsp3) is 0.250. The highest BCUT2D eigenvalue weighted by Crippen LogP contribution is 2.24. The lowest BCUT2D eigenvalue weighted by atomic mass is 10.0. The minimum Gasteiger partial charge on any atom is -0.340 e. The topological polar surface area (TPSA) is 36.4 Å². The maximum Gasteiger partial charge on any atom is 0.272 e. The van der Waals surface area contributed by atoms with E-state index in [0.29, 0.717) is 12.2 Å². The van der Waals surface area contributed by atoms with E-state index in [1.165, 1.54) is 11.1 Å². The molecule has 28 heavy (non-hydrogen) atoms. The number of likely N-dealkylation sites (N-methyl/N-ethyl adjacent to an activating group) is 1. The first kappa shape index (κ1) is 19.8. The molecular formula is C24H27N3O. The monoisotopic (exact) mass is 373 g/mol. The number of rotatable bonds is 7. The van der Waals surface area contributed by atoms with E-state index in [2.05, 4.69) is 34.1 Å². The third-order valence-electron chi connectivity index (χ3n) is 4.67. The van der Waals surface area contributed by atoms with E-state index in [1.54, 1.807) is 11.1 Å². The Kier molecular flexibility index (Phi) is 6.56. The smallest absolute Gasteiger partial charge is 0.272 e. The van der Waals surface area contributed by atoms with E-state index in [1.807, 2.05) is 63.6 Å². The molecule has 0 aliphatic heterocycles. The van der Waals surface area contributed by atoms with Gasteiger partial charge in [0.1, 0.15) is 5.69 Å². The highest BCUT2D eigenvalue weighted by Gasteiger charge is 2.18. The minimum atomic E-state index is -0.0513. The summed E-state index contributed by atoms with van der Waals surface area (Å²) in [5, 5.41) is 0. The SMILES string of the molecule is CN(C)Cc1cccc(-c2cccnc2C(=O)N(C)CCc2ccccc2)c1. The molecule has 1 amide bonds. The standard InChI is InChI=1S/C24H27N3O/c1-26(2)18-20-11-7-12-21(17-20)22-13-8-15-25-23(22)24(28)27(3)16-14-19-9-5-4-6-10-19/h4-13,15,17H,14,16,18H2,1-3H3. The number of nitrogens with zero attached hydrogens (tertiary/aromatic N) is 3. The van der Waals surface area contributed by atoms with Crippen molar-refractivity contribution in [3.8, 4) is 11.1 Å². The molecule has 144 valence electrons. The molecule has 3 rings (SSSR count). The molecule has 1 heterocycles. The summed E-state index contributed by atoms with van der Waals surface area (Å²) in [6.45, 7) is 1.51. The second-order valence-electron chi connectivity index (χ2n) is 7.30. The number of pyridine rings is 1. The summed E-state index contributed by atoms with van der Waals surface area (Å²) in [5.74, 6) is -0.0513. The van der Waals surface area contributed by atoms with Gasteiger partial charge in [0.15, 0.2) is 0 Å². The Morgan fingerprint density at radius 1 is 0.893 bits per heavy atom. The van der Waals surface area contributed by atoms with Gasteiger partial charge in [-0.05, 0) is 49.3 Å². The van der Waals surface area contributed by atoms with Crippen molar-refractivity contribution in [1.29, 1.82) is 0 Å². The molecule has 0 unspecified atom stereocenters. The number of amides is 1. The molecule has 0 aliphatic carbocycles. The van der Waals surface area contributed by atoms with Crippen molar-refractivity contribution in [1.82, 2.24) is 14.8 Å². The highest BCUT2D eigenvalue weighted by molar-refractivity contribution is 5.98. The van der Waals surface area contributed by atoms with Gasteiger partial charge in [-0.1, -0.05) is 54.6 Å². The van der Waals surface area contributed by atoms with Gasteiger partial charge < -0.3 is 9.80 Å². The number of benzene rings is 2. The van der Waals surface area contributed by atoms with Crippen LogP contribution in [0.3, 0.4) is 0 Å². The average Bonchev–Trinajstić information content (AvgIpc) is 2.72. The van der Waals surface area contributed by atoms with Crippen molar-refractivity contribution in [3.05, 3.63) is 89.7 Å². The van der Waals surface area contributed by atoms with Crippen LogP contribution in [0, 0.1) is 0 Å². The molecular weight excluding hydrogens is 346 g/mol. The van der Waals surface area contributed by atoms with Crippen LogP contribution >= 0.6 is 0 Å². The van der Waals surface area contributed by atoms with Gasteiger partial charge in [0.2, 0.25) is 0 Å². The zero-order chi connectivity index (χ0) is 19.9. The van der Waals surface area contributed by atoms with E-state index in [4.69, 9.17) is 0 Å². The fourth-order valence-corrected chi connectivity index (χ4v) is 3.23. The molecule has 4 nitrogen and oxygen atoms in total. The molecule has 1 aromatic heterocycles. The first-order valence-corrected chi connectivity index (χ1v) is 9.53. The van der Waals surface area contributed by atoms with E-state index in [0.717, 1.165) is 24.1 Å². The minimum absolute atomic E-state index is 0.0513. The van der Waals surface area contributed by atoms with Crippen molar-refractivity contribution >= 4 is 5.91 Å². The Balaban J connectivity index is 1.80. The van der Waals surface area contributed by atoms with Gasteiger partial charge in [-0.2, -0.15) is 0 Å². The third-order valence-corrected chi connectivity index (χ3v) is 4.67. The van der Waals surface area contributed by atoms with Crippen LogP contribution in [0.4, 0.5) is 0 Å². The van der Waals surface area contributed by atoms with Crippen LogP contribution in [0.5, 0.6) is 0 Å². The van der Waals surface area contributed by atoms with Crippen molar-refractivity contribution in [3.63, 3.8) is 0 Å². The first-order chi connectivity index (χ1) is 13.5. The largest absolute Gasteiger partial charge is 0.340 e. The fourth-order valence-electron chi connectivity index (χ4n) is 3.23. The molecule has 2 aromatic carbocycles. The predicted molar refractivity (Wildman–Crippen MR) is 114 cm³/mol. The number of carbonyl (C=O) groups is 1. The Bertz CT molecular complexity index is 922. The molecule has 3 aromatic rings. The second-order valence-corrected chi connectivity index (χ2v) is 7.30. The van der Waals surface area contributed by atoms with Crippen LogP contribution < -0.4 is 0 Å². The second kappa shape index (κ2) is 9.29. The summed E-state index contributed by atoms with van der Waals surface area (Å²) < 4.78 is 0. The number of hydrogen-bond acceptors (Lipinski definition) is 3. The molecule has 0 bridgehead atoms. The molecule has 0 saturated heterocycles. The van der Waals surface area contributed by atoms with Crippen LogP contribution in [0.15, 0.2) is 72.9 Å². The number of carbonyl (C=O) groups excluding carboxylic acids is 1. The quantitative estimate of drug-likeness (QED) is 0.625. The molecule has 0 fully saturated rings. The molecule has 0 N–H and O–H groups in total. The van der Waals surface area contributed by atoms with Gasteiger partial charge in [0.25, 0.3) is 5.91 Å². The Morgan fingerprint density at radius 3 is 2.39 bits per heavy atom. The van der Waals surface area contributed by atoms with Gasteiger partial charge in [0.05, 0.1) is 0 Å². The summed E-state index contributed by atoms with van der Waals surface area (Å²) >= 11 is 0. The van der Waals surface area contributed by atoms with E-state index < -0.39 is 0 Å². The predicted octanol–water partition coefficient (Wildman–Crippen LogP) is 4.12. The maximum atomic E-state index is 13.1. The molecule has 0 radical (unpaired) electrons. The van der Waals surface area contributed by atoms with Crippen molar-refractivity contribution < 1.29 is 4.79 Å². The normalized spacial score (nSPS) is 10.9. The Morgan fingerprint density at radius 2 is 1.64 bits per heavy atom. The summed E-state index contributed by atoms with van der Waals surface area (Å²) in [7, 11) is 5.94. The van der Waals surface area contributed by atoms with Crippen LogP contribution in [0.1, 0.15) is 21.6 Å². The summed E-state index contributed by atoms with van der Waals surface area (Å²) in [5.41, 5.74) is 4.83. The van der Waals surface area contributed by atoms with E-state index in [9.17, 15) is 4.79 Å². The van der Waals surface area contributed by atoms with Crippen LogP contribution in [0.2, 0.25) is 0 Å². The first-order valence-electron chi connectivity index (χ1n) is 9.53. The molecule has 0 spiro atoms.